The number of anilines is 1. The Kier molecular flexibility index (Phi) is 4.70. The third-order valence-electron chi connectivity index (χ3n) is 2.35. The molecule has 1 heterocycles. The second-order valence-electron chi connectivity index (χ2n) is 3.75. The zero-order valence-electron chi connectivity index (χ0n) is 10.2. The highest BCUT2D eigenvalue weighted by molar-refractivity contribution is 6.30. The molecule has 1 aromatic heterocycles. The molecule has 0 aliphatic heterocycles. The van der Waals surface area contributed by atoms with Crippen LogP contribution in [0.3, 0.4) is 0 Å². The van der Waals surface area contributed by atoms with E-state index in [1.807, 2.05) is 0 Å². The SMILES string of the molecule is NCC#Cc1cc(Cl)ccc1NC(=O)c1ccc(Cl)o1. The van der Waals surface area contributed by atoms with Gasteiger partial charge in [-0.05, 0) is 41.9 Å². The third kappa shape index (κ3) is 3.55. The van der Waals surface area contributed by atoms with Gasteiger partial charge in [-0.2, -0.15) is 0 Å². The molecular weight excluding hydrogens is 299 g/mol. The molecule has 0 spiro atoms. The number of rotatable bonds is 2. The summed E-state index contributed by atoms with van der Waals surface area (Å²) in [5.41, 5.74) is 6.43. The molecule has 0 radical (unpaired) electrons. The lowest BCUT2D eigenvalue weighted by atomic mass is 10.1. The molecule has 0 aliphatic carbocycles. The Balaban J connectivity index is 2.26. The highest BCUT2D eigenvalue weighted by atomic mass is 35.5. The molecular formula is C14H10Cl2N2O2. The van der Waals surface area contributed by atoms with Crippen molar-refractivity contribution in [3.8, 4) is 11.8 Å². The maximum atomic E-state index is 12.0. The van der Waals surface area contributed by atoms with Crippen molar-refractivity contribution in [2.75, 3.05) is 11.9 Å². The van der Waals surface area contributed by atoms with Crippen LogP contribution in [0.25, 0.3) is 0 Å². The summed E-state index contributed by atoms with van der Waals surface area (Å²) in [5.74, 6) is 5.25. The Hall–Kier alpha value is -1.93. The van der Waals surface area contributed by atoms with Crippen molar-refractivity contribution < 1.29 is 9.21 Å². The van der Waals surface area contributed by atoms with E-state index in [1.165, 1.54) is 12.1 Å². The van der Waals surface area contributed by atoms with Crippen LogP contribution in [0.4, 0.5) is 5.69 Å². The zero-order valence-corrected chi connectivity index (χ0v) is 11.8. The first kappa shape index (κ1) is 14.5. The van der Waals surface area contributed by atoms with Gasteiger partial charge in [-0.3, -0.25) is 4.79 Å². The molecule has 2 rings (SSSR count). The van der Waals surface area contributed by atoms with E-state index in [0.29, 0.717) is 16.3 Å². The lowest BCUT2D eigenvalue weighted by Gasteiger charge is -2.06. The highest BCUT2D eigenvalue weighted by Crippen LogP contribution is 2.21. The molecule has 6 heteroatoms. The van der Waals surface area contributed by atoms with E-state index < -0.39 is 5.91 Å². The third-order valence-corrected chi connectivity index (χ3v) is 2.79. The lowest BCUT2D eigenvalue weighted by molar-refractivity contribution is 0.0996. The molecule has 102 valence electrons. The van der Waals surface area contributed by atoms with E-state index in [-0.39, 0.29) is 17.5 Å². The first-order chi connectivity index (χ1) is 9.60. The quantitative estimate of drug-likeness (QED) is 0.837. The second kappa shape index (κ2) is 6.49. The number of furan rings is 1. The Morgan fingerprint density at radius 2 is 2.10 bits per heavy atom. The zero-order chi connectivity index (χ0) is 14.5. The van der Waals surface area contributed by atoms with Gasteiger partial charge < -0.3 is 15.5 Å². The molecule has 4 nitrogen and oxygen atoms in total. The van der Waals surface area contributed by atoms with Crippen molar-refractivity contribution in [3.63, 3.8) is 0 Å². The number of hydrogen-bond donors (Lipinski definition) is 2. The standard InChI is InChI=1S/C14H10Cl2N2O2/c15-10-3-4-11(9(8-10)2-1-7-17)18-14(19)12-5-6-13(16)20-12/h3-6,8H,7,17H2,(H,18,19). The number of benzene rings is 1. The van der Waals surface area contributed by atoms with Crippen LogP contribution in [0.1, 0.15) is 16.1 Å². The predicted molar refractivity (Wildman–Crippen MR) is 79.1 cm³/mol. The molecule has 0 aliphatic rings. The van der Waals surface area contributed by atoms with Gasteiger partial charge in [0.1, 0.15) is 0 Å². The van der Waals surface area contributed by atoms with Gasteiger partial charge in [-0.25, -0.2) is 0 Å². The highest BCUT2D eigenvalue weighted by Gasteiger charge is 2.12. The van der Waals surface area contributed by atoms with Crippen LogP contribution < -0.4 is 11.1 Å². The molecule has 0 saturated carbocycles. The van der Waals surface area contributed by atoms with Gasteiger partial charge in [0.25, 0.3) is 5.91 Å². The van der Waals surface area contributed by atoms with E-state index >= 15 is 0 Å². The van der Waals surface area contributed by atoms with Gasteiger partial charge in [0.15, 0.2) is 11.0 Å². The van der Waals surface area contributed by atoms with E-state index in [2.05, 4.69) is 17.2 Å². The Labute approximate surface area is 125 Å². The average molecular weight is 309 g/mol. The van der Waals surface area contributed by atoms with Gasteiger partial charge in [0.2, 0.25) is 0 Å². The van der Waals surface area contributed by atoms with E-state index in [4.69, 9.17) is 33.4 Å². The van der Waals surface area contributed by atoms with Gasteiger partial charge in [0.05, 0.1) is 12.2 Å². The first-order valence-electron chi connectivity index (χ1n) is 5.65. The maximum Gasteiger partial charge on any atom is 0.291 e. The minimum absolute atomic E-state index is 0.114. The fourth-order valence-corrected chi connectivity index (χ4v) is 1.81. The van der Waals surface area contributed by atoms with E-state index in [0.717, 1.165) is 0 Å². The van der Waals surface area contributed by atoms with Crippen molar-refractivity contribution in [3.05, 3.63) is 51.9 Å². The van der Waals surface area contributed by atoms with E-state index in [9.17, 15) is 4.79 Å². The van der Waals surface area contributed by atoms with Gasteiger partial charge in [0, 0.05) is 10.6 Å². The van der Waals surface area contributed by atoms with Crippen LogP contribution in [-0.2, 0) is 0 Å². The summed E-state index contributed by atoms with van der Waals surface area (Å²) in [7, 11) is 0. The Morgan fingerprint density at radius 1 is 1.30 bits per heavy atom. The minimum atomic E-state index is -0.421. The summed E-state index contributed by atoms with van der Waals surface area (Å²) in [6.07, 6.45) is 0. The molecule has 0 atom stereocenters. The number of halogens is 2. The summed E-state index contributed by atoms with van der Waals surface area (Å²) in [6, 6.07) is 7.94. The van der Waals surface area contributed by atoms with E-state index in [1.54, 1.807) is 18.2 Å². The molecule has 0 fully saturated rings. The fraction of sp³-hybridized carbons (Fsp3) is 0.0714. The van der Waals surface area contributed by atoms with Crippen LogP contribution in [-0.4, -0.2) is 12.5 Å². The van der Waals surface area contributed by atoms with Crippen molar-refractivity contribution in [1.82, 2.24) is 0 Å². The summed E-state index contributed by atoms with van der Waals surface area (Å²) in [4.78, 5) is 12.0. The molecule has 0 bridgehead atoms. The minimum Gasteiger partial charge on any atom is -0.440 e. The molecule has 20 heavy (non-hydrogen) atoms. The smallest absolute Gasteiger partial charge is 0.291 e. The van der Waals surface area contributed by atoms with Crippen LogP contribution in [0.2, 0.25) is 10.2 Å². The van der Waals surface area contributed by atoms with Crippen molar-refractivity contribution in [2.24, 2.45) is 5.73 Å². The molecule has 3 N–H and O–H groups in total. The van der Waals surface area contributed by atoms with Gasteiger partial charge in [-0.1, -0.05) is 23.4 Å². The van der Waals surface area contributed by atoms with Crippen molar-refractivity contribution in [1.29, 1.82) is 0 Å². The number of nitrogens with two attached hydrogens (primary N) is 1. The Bertz CT molecular complexity index is 699. The second-order valence-corrected chi connectivity index (χ2v) is 4.56. The number of nitrogens with one attached hydrogen (secondary N) is 1. The normalized spacial score (nSPS) is 9.75. The predicted octanol–water partition coefficient (Wildman–Crippen LogP) is 3.15. The molecule has 0 saturated heterocycles. The van der Waals surface area contributed by atoms with Crippen molar-refractivity contribution in [2.45, 2.75) is 0 Å². The van der Waals surface area contributed by atoms with Crippen molar-refractivity contribution >= 4 is 34.8 Å². The lowest BCUT2D eigenvalue weighted by Crippen LogP contribution is -2.12. The Morgan fingerprint density at radius 3 is 2.75 bits per heavy atom. The van der Waals surface area contributed by atoms with Crippen LogP contribution >= 0.6 is 23.2 Å². The van der Waals surface area contributed by atoms with Crippen LogP contribution in [0.5, 0.6) is 0 Å². The van der Waals surface area contributed by atoms with Gasteiger partial charge >= 0.3 is 0 Å². The molecule has 2 aromatic rings. The number of hydrogen-bond acceptors (Lipinski definition) is 3. The summed E-state index contributed by atoms with van der Waals surface area (Å²) in [5, 5.41) is 3.35. The number of carbonyl (C=O) groups excluding carboxylic acids is 1. The number of carbonyl (C=O) groups is 1. The topological polar surface area (TPSA) is 68.3 Å². The number of amides is 1. The molecule has 0 unspecified atom stereocenters. The molecule has 1 aromatic carbocycles. The largest absolute Gasteiger partial charge is 0.440 e. The summed E-state index contributed by atoms with van der Waals surface area (Å²) in [6.45, 7) is 0.216. The first-order valence-corrected chi connectivity index (χ1v) is 6.41. The summed E-state index contributed by atoms with van der Waals surface area (Å²) < 4.78 is 5.03. The fourth-order valence-electron chi connectivity index (χ4n) is 1.50. The molecule has 1 amide bonds. The maximum absolute atomic E-state index is 12.0. The summed E-state index contributed by atoms with van der Waals surface area (Å²) >= 11 is 11.5. The van der Waals surface area contributed by atoms with Gasteiger partial charge in [-0.15, -0.1) is 0 Å². The monoisotopic (exact) mass is 308 g/mol. The van der Waals surface area contributed by atoms with Crippen LogP contribution in [0.15, 0.2) is 34.7 Å². The average Bonchev–Trinajstić information content (AvgIpc) is 2.85. The van der Waals surface area contributed by atoms with Crippen LogP contribution in [0, 0.1) is 11.8 Å².